The lowest BCUT2D eigenvalue weighted by atomic mass is 10.1. The highest BCUT2D eigenvalue weighted by atomic mass is 32.2. The van der Waals surface area contributed by atoms with Gasteiger partial charge in [-0.3, -0.25) is 14.9 Å². The number of carbonyl (C=O) groups excluding carboxylic acids is 2. The predicted octanol–water partition coefficient (Wildman–Crippen LogP) is 0.808. The van der Waals surface area contributed by atoms with Crippen LogP contribution in [0.5, 0.6) is 5.75 Å². The van der Waals surface area contributed by atoms with Crippen LogP contribution in [0.1, 0.15) is 10.4 Å². The molecule has 1 aliphatic rings. The van der Waals surface area contributed by atoms with E-state index in [-0.39, 0.29) is 16.6 Å². The molecule has 10 heteroatoms. The number of ether oxygens (including phenoxy) is 1. The topological polar surface area (TPSA) is 140 Å². The Balaban J connectivity index is 1.82. The Morgan fingerprint density at radius 2 is 1.86 bits per heavy atom. The zero-order valence-electron chi connectivity index (χ0n) is 14.7. The number of nitrogens with zero attached hydrogens (tertiary/aromatic N) is 1. The second-order valence-corrected chi connectivity index (χ2v) is 7.32. The van der Waals surface area contributed by atoms with Gasteiger partial charge in [-0.2, -0.15) is 8.42 Å². The van der Waals surface area contributed by atoms with E-state index in [1.54, 1.807) is 18.2 Å². The van der Waals surface area contributed by atoms with E-state index in [0.29, 0.717) is 17.0 Å². The van der Waals surface area contributed by atoms with E-state index in [4.69, 9.17) is 10.5 Å². The number of nitrogens with two attached hydrogens (primary N) is 1. The molecule has 0 spiro atoms. The molecule has 2 aromatic rings. The number of benzene rings is 2. The first-order valence-electron chi connectivity index (χ1n) is 7.97. The Labute approximate surface area is 161 Å². The van der Waals surface area contributed by atoms with Gasteiger partial charge in [0.2, 0.25) is 5.96 Å². The van der Waals surface area contributed by atoms with Crippen molar-refractivity contribution in [1.82, 2.24) is 10.6 Å². The summed E-state index contributed by atoms with van der Waals surface area (Å²) in [5, 5.41) is 4.77. The minimum atomic E-state index is -4.07. The maximum atomic E-state index is 12.3. The van der Waals surface area contributed by atoms with Gasteiger partial charge in [0.25, 0.3) is 15.9 Å². The fourth-order valence-electron chi connectivity index (χ4n) is 2.34. The Bertz CT molecular complexity index is 1110. The van der Waals surface area contributed by atoms with Crippen molar-refractivity contribution in [1.29, 1.82) is 0 Å². The van der Waals surface area contributed by atoms with Crippen LogP contribution in [0.4, 0.5) is 5.69 Å². The number of guanidine groups is 1. The van der Waals surface area contributed by atoms with Crippen molar-refractivity contribution in [2.75, 3.05) is 12.8 Å². The molecule has 0 aromatic heterocycles. The monoisotopic (exact) mass is 400 g/mol. The van der Waals surface area contributed by atoms with Gasteiger partial charge in [-0.25, -0.2) is 0 Å². The summed E-state index contributed by atoms with van der Waals surface area (Å²) < 4.78 is 33.2. The van der Waals surface area contributed by atoms with Gasteiger partial charge in [0.15, 0.2) is 5.78 Å². The smallest absolute Gasteiger partial charge is 0.285 e. The predicted molar refractivity (Wildman–Crippen MR) is 102 cm³/mol. The zero-order valence-corrected chi connectivity index (χ0v) is 15.5. The molecule has 0 radical (unpaired) electrons. The molecule has 1 heterocycles. The molecule has 1 saturated heterocycles. The molecule has 4 N–H and O–H groups in total. The molecule has 0 saturated carbocycles. The summed E-state index contributed by atoms with van der Waals surface area (Å²) in [6, 6.07) is 11.8. The molecular formula is C18H16N4O5S. The summed E-state index contributed by atoms with van der Waals surface area (Å²) in [6.07, 6.45) is 1.06. The zero-order chi connectivity index (χ0) is 20.3. The summed E-state index contributed by atoms with van der Waals surface area (Å²) in [4.78, 5) is 24.3. The Morgan fingerprint density at radius 3 is 2.54 bits per heavy atom. The second kappa shape index (κ2) is 7.53. The van der Waals surface area contributed by atoms with Crippen molar-refractivity contribution >= 4 is 33.4 Å². The summed E-state index contributed by atoms with van der Waals surface area (Å²) >= 11 is 0. The van der Waals surface area contributed by atoms with Gasteiger partial charge in [0.05, 0.1) is 12.0 Å². The Kier molecular flexibility index (Phi) is 5.14. The van der Waals surface area contributed by atoms with Gasteiger partial charge in [-0.05, 0) is 36.4 Å². The van der Waals surface area contributed by atoms with E-state index in [0.717, 1.165) is 6.08 Å². The quantitative estimate of drug-likeness (QED) is 0.383. The largest absolute Gasteiger partial charge is 0.497 e. The highest BCUT2D eigenvalue weighted by Gasteiger charge is 2.26. The first-order chi connectivity index (χ1) is 13.3. The number of methoxy groups -OCH3 is 1. The Morgan fingerprint density at radius 1 is 1.14 bits per heavy atom. The number of sulfonamides is 1. The minimum Gasteiger partial charge on any atom is -0.497 e. The number of rotatable bonds is 5. The Hall–Kier alpha value is -3.66. The van der Waals surface area contributed by atoms with Crippen LogP contribution in [0.2, 0.25) is 0 Å². The standard InChI is InChI=1S/C18H16N4O5S/c1-27-13-4-2-3-11(9-13)16(23)10-15-17(24)21-18(20-15)22-28(25,26)14-7-5-12(19)6-8-14/h2-10H,19H2,1H3,(H2,20,21,22,24). The molecule has 1 amide bonds. The fourth-order valence-corrected chi connectivity index (χ4v) is 3.26. The van der Waals surface area contributed by atoms with E-state index in [9.17, 15) is 18.0 Å². The third kappa shape index (κ3) is 4.18. The van der Waals surface area contributed by atoms with E-state index in [1.165, 1.54) is 37.4 Å². The number of nitrogens with one attached hydrogen (secondary N) is 2. The van der Waals surface area contributed by atoms with E-state index in [1.807, 2.05) is 0 Å². The number of hydrogen-bond donors (Lipinski definition) is 3. The van der Waals surface area contributed by atoms with E-state index < -0.39 is 21.7 Å². The summed E-state index contributed by atoms with van der Waals surface area (Å²) in [5.41, 5.74) is 6.12. The molecule has 0 bridgehead atoms. The molecule has 1 aliphatic heterocycles. The van der Waals surface area contributed by atoms with Crippen LogP contribution in [0.3, 0.4) is 0 Å². The molecular weight excluding hydrogens is 384 g/mol. The fraction of sp³-hybridized carbons (Fsp3) is 0.0556. The minimum absolute atomic E-state index is 0.0878. The molecule has 28 heavy (non-hydrogen) atoms. The van der Waals surface area contributed by atoms with Crippen molar-refractivity contribution in [3.05, 3.63) is 65.9 Å². The summed E-state index contributed by atoms with van der Waals surface area (Å²) in [7, 11) is -2.60. The molecule has 1 fully saturated rings. The lowest BCUT2D eigenvalue weighted by molar-refractivity contribution is -0.115. The molecule has 3 rings (SSSR count). The number of allylic oxidation sites excluding steroid dienone is 1. The van der Waals surface area contributed by atoms with Crippen LogP contribution in [0.25, 0.3) is 0 Å². The maximum absolute atomic E-state index is 12.3. The number of ketones is 1. The average Bonchev–Trinajstić information content (AvgIpc) is 3.00. The summed E-state index contributed by atoms with van der Waals surface area (Å²) in [6.45, 7) is 0. The van der Waals surface area contributed by atoms with Gasteiger partial charge in [0.1, 0.15) is 11.4 Å². The lowest BCUT2D eigenvalue weighted by Crippen LogP contribution is -2.26. The molecule has 0 unspecified atom stereocenters. The van der Waals surface area contributed by atoms with Crippen molar-refractivity contribution in [2.24, 2.45) is 4.40 Å². The van der Waals surface area contributed by atoms with Gasteiger partial charge < -0.3 is 15.8 Å². The molecule has 0 aliphatic carbocycles. The third-order valence-corrected chi connectivity index (χ3v) is 5.04. The van der Waals surface area contributed by atoms with Crippen LogP contribution in [-0.2, 0) is 14.8 Å². The van der Waals surface area contributed by atoms with Crippen molar-refractivity contribution in [2.45, 2.75) is 4.90 Å². The number of carbonyl (C=O) groups is 2. The van der Waals surface area contributed by atoms with Crippen molar-refractivity contribution in [3.8, 4) is 5.75 Å². The van der Waals surface area contributed by atoms with Crippen LogP contribution in [0.15, 0.2) is 69.6 Å². The van der Waals surface area contributed by atoms with Crippen LogP contribution in [0, 0.1) is 0 Å². The maximum Gasteiger partial charge on any atom is 0.285 e. The number of anilines is 1. The third-order valence-electron chi connectivity index (χ3n) is 3.75. The van der Waals surface area contributed by atoms with Crippen LogP contribution >= 0.6 is 0 Å². The van der Waals surface area contributed by atoms with Gasteiger partial charge in [0, 0.05) is 17.3 Å². The normalized spacial score (nSPS) is 16.7. The number of amides is 1. The van der Waals surface area contributed by atoms with Crippen LogP contribution in [-0.4, -0.2) is 33.2 Å². The van der Waals surface area contributed by atoms with Crippen molar-refractivity contribution < 1.29 is 22.7 Å². The molecule has 0 atom stereocenters. The second-order valence-electron chi connectivity index (χ2n) is 5.72. The average molecular weight is 400 g/mol. The van der Waals surface area contributed by atoms with Gasteiger partial charge in [-0.15, -0.1) is 4.40 Å². The van der Waals surface area contributed by atoms with E-state index in [2.05, 4.69) is 15.0 Å². The first kappa shape index (κ1) is 19.1. The van der Waals surface area contributed by atoms with Gasteiger partial charge in [-0.1, -0.05) is 12.1 Å². The SMILES string of the molecule is COc1cccc(C(=O)C=C2N/C(=N/S(=O)(=O)c3ccc(N)cc3)NC2=O)c1. The summed E-state index contributed by atoms with van der Waals surface area (Å²) in [5.74, 6) is -0.946. The van der Waals surface area contributed by atoms with Crippen molar-refractivity contribution in [3.63, 3.8) is 0 Å². The highest BCUT2D eigenvalue weighted by Crippen LogP contribution is 2.16. The molecule has 9 nitrogen and oxygen atoms in total. The van der Waals surface area contributed by atoms with E-state index >= 15 is 0 Å². The van der Waals surface area contributed by atoms with Crippen LogP contribution < -0.4 is 21.1 Å². The molecule has 2 aromatic carbocycles. The highest BCUT2D eigenvalue weighted by molar-refractivity contribution is 7.90. The molecule has 144 valence electrons. The van der Waals surface area contributed by atoms with Gasteiger partial charge >= 0.3 is 0 Å². The first-order valence-corrected chi connectivity index (χ1v) is 9.41. The number of nitrogen functional groups attached to an aromatic ring is 1. The lowest BCUT2D eigenvalue weighted by Gasteiger charge is -2.02. The number of hydrogen-bond acceptors (Lipinski definition) is 6.